The molecule has 2 aliphatic rings. The SMILES string of the molecule is CCCN1C[C@H](CO)C[C@H]2Cc3nc(N)ncc3C[C@@H]21. The van der Waals surface area contributed by atoms with E-state index in [0.717, 1.165) is 44.5 Å². The molecule has 0 saturated carbocycles. The second-order valence-electron chi connectivity index (χ2n) is 6.22. The Morgan fingerprint density at radius 1 is 1.45 bits per heavy atom. The molecule has 0 unspecified atom stereocenters. The summed E-state index contributed by atoms with van der Waals surface area (Å²) in [5.74, 6) is 1.37. The van der Waals surface area contributed by atoms with Gasteiger partial charge in [0.25, 0.3) is 0 Å². The summed E-state index contributed by atoms with van der Waals surface area (Å²) < 4.78 is 0. The molecule has 0 aromatic carbocycles. The number of aliphatic hydroxyl groups is 1. The molecule has 1 fully saturated rings. The Balaban J connectivity index is 1.85. The van der Waals surface area contributed by atoms with Crippen LogP contribution in [-0.2, 0) is 12.8 Å². The Labute approximate surface area is 120 Å². The third-order valence-electron chi connectivity index (χ3n) is 4.77. The zero-order valence-corrected chi connectivity index (χ0v) is 12.1. The topological polar surface area (TPSA) is 75.3 Å². The van der Waals surface area contributed by atoms with E-state index in [1.54, 1.807) is 0 Å². The predicted octanol–water partition coefficient (Wildman–Crippen LogP) is 0.866. The number of piperidine rings is 1. The maximum Gasteiger partial charge on any atom is 0.220 e. The third-order valence-corrected chi connectivity index (χ3v) is 4.77. The fraction of sp³-hybridized carbons (Fsp3) is 0.733. The first-order chi connectivity index (χ1) is 9.71. The zero-order chi connectivity index (χ0) is 14.1. The van der Waals surface area contributed by atoms with Gasteiger partial charge < -0.3 is 10.8 Å². The molecule has 3 rings (SSSR count). The van der Waals surface area contributed by atoms with Crippen LogP contribution in [0.5, 0.6) is 0 Å². The van der Waals surface area contributed by atoms with Crippen LogP contribution in [-0.4, -0.2) is 45.7 Å². The van der Waals surface area contributed by atoms with E-state index in [4.69, 9.17) is 5.73 Å². The molecule has 2 heterocycles. The van der Waals surface area contributed by atoms with Gasteiger partial charge in [0, 0.05) is 31.1 Å². The Morgan fingerprint density at radius 2 is 2.30 bits per heavy atom. The van der Waals surface area contributed by atoms with Gasteiger partial charge in [-0.25, -0.2) is 9.97 Å². The van der Waals surface area contributed by atoms with Gasteiger partial charge in [0.1, 0.15) is 0 Å². The summed E-state index contributed by atoms with van der Waals surface area (Å²) in [6.45, 7) is 4.65. The summed E-state index contributed by atoms with van der Waals surface area (Å²) in [6, 6.07) is 0.581. The minimum atomic E-state index is 0.294. The molecular formula is C15H24N4O. The van der Waals surface area contributed by atoms with Crippen LogP contribution < -0.4 is 5.73 Å². The quantitative estimate of drug-likeness (QED) is 0.856. The Bertz CT molecular complexity index is 479. The van der Waals surface area contributed by atoms with Crippen molar-refractivity contribution in [2.45, 2.75) is 38.6 Å². The first kappa shape index (κ1) is 13.8. The summed E-state index contributed by atoms with van der Waals surface area (Å²) >= 11 is 0. The van der Waals surface area contributed by atoms with E-state index in [-0.39, 0.29) is 0 Å². The molecule has 20 heavy (non-hydrogen) atoms. The normalized spacial score (nSPS) is 29.8. The molecule has 1 aliphatic heterocycles. The molecule has 0 spiro atoms. The van der Waals surface area contributed by atoms with Gasteiger partial charge in [-0.2, -0.15) is 0 Å². The van der Waals surface area contributed by atoms with E-state index < -0.39 is 0 Å². The third kappa shape index (κ3) is 2.52. The van der Waals surface area contributed by atoms with Crippen LogP contribution in [0, 0.1) is 11.8 Å². The van der Waals surface area contributed by atoms with Crippen LogP contribution in [0.25, 0.3) is 0 Å². The number of nitrogens with two attached hydrogens (primary N) is 1. The maximum absolute atomic E-state index is 9.53. The summed E-state index contributed by atoms with van der Waals surface area (Å²) in [5, 5.41) is 9.53. The molecular weight excluding hydrogens is 252 g/mol. The standard InChI is InChI=1S/C15H24N4O/c1-2-3-19-8-10(9-20)4-11-5-13-12(6-14(11)19)7-17-15(16)18-13/h7,10-11,14,20H,2-6,8-9H2,1H3,(H2,16,17,18)/t10-,11+,14+/m1/s1. The first-order valence-electron chi connectivity index (χ1n) is 7.66. The average Bonchev–Trinajstić information content (AvgIpc) is 2.45. The zero-order valence-electron chi connectivity index (χ0n) is 12.1. The van der Waals surface area contributed by atoms with Crippen LogP contribution in [0.4, 0.5) is 5.95 Å². The van der Waals surface area contributed by atoms with Crippen LogP contribution in [0.15, 0.2) is 6.20 Å². The highest BCUT2D eigenvalue weighted by atomic mass is 16.3. The van der Waals surface area contributed by atoms with Gasteiger partial charge in [-0.05, 0) is 49.6 Å². The Kier molecular flexibility index (Phi) is 3.89. The molecule has 3 atom stereocenters. The van der Waals surface area contributed by atoms with Crippen molar-refractivity contribution >= 4 is 5.95 Å². The molecule has 5 nitrogen and oxygen atoms in total. The van der Waals surface area contributed by atoms with Gasteiger partial charge in [-0.15, -0.1) is 0 Å². The Hall–Kier alpha value is -1.20. The number of anilines is 1. The van der Waals surface area contributed by atoms with E-state index in [2.05, 4.69) is 21.8 Å². The van der Waals surface area contributed by atoms with Gasteiger partial charge in [0.2, 0.25) is 5.95 Å². The highest BCUT2D eigenvalue weighted by molar-refractivity contribution is 5.29. The van der Waals surface area contributed by atoms with Gasteiger partial charge in [0.05, 0.1) is 0 Å². The van der Waals surface area contributed by atoms with Gasteiger partial charge in [0.15, 0.2) is 0 Å². The van der Waals surface area contributed by atoms with Crippen LogP contribution in [0.3, 0.4) is 0 Å². The lowest BCUT2D eigenvalue weighted by molar-refractivity contribution is 0.0267. The van der Waals surface area contributed by atoms with Gasteiger partial charge >= 0.3 is 0 Å². The van der Waals surface area contributed by atoms with Crippen molar-refractivity contribution in [3.8, 4) is 0 Å². The predicted molar refractivity (Wildman–Crippen MR) is 78.2 cm³/mol. The summed E-state index contributed by atoms with van der Waals surface area (Å²) in [4.78, 5) is 11.1. The fourth-order valence-electron chi connectivity index (χ4n) is 3.90. The van der Waals surface area contributed by atoms with Crippen molar-refractivity contribution in [3.63, 3.8) is 0 Å². The monoisotopic (exact) mass is 276 g/mol. The van der Waals surface area contributed by atoms with Crippen molar-refractivity contribution < 1.29 is 5.11 Å². The van der Waals surface area contributed by atoms with Crippen molar-refractivity contribution in [1.29, 1.82) is 0 Å². The molecule has 1 aromatic heterocycles. The summed E-state index contributed by atoms with van der Waals surface area (Å²) in [6.07, 6.45) is 6.16. The molecule has 0 bridgehead atoms. The second-order valence-corrected chi connectivity index (χ2v) is 6.22. The molecule has 1 saturated heterocycles. The summed E-state index contributed by atoms with van der Waals surface area (Å²) in [5.41, 5.74) is 8.08. The highest BCUT2D eigenvalue weighted by Gasteiger charge is 2.39. The van der Waals surface area contributed by atoms with Crippen LogP contribution in [0.2, 0.25) is 0 Å². The molecule has 110 valence electrons. The highest BCUT2D eigenvalue weighted by Crippen LogP contribution is 2.36. The van der Waals surface area contributed by atoms with Crippen molar-refractivity contribution in [2.75, 3.05) is 25.4 Å². The Morgan fingerprint density at radius 3 is 3.05 bits per heavy atom. The number of hydrogen-bond acceptors (Lipinski definition) is 5. The lowest BCUT2D eigenvalue weighted by Gasteiger charge is -2.47. The first-order valence-corrected chi connectivity index (χ1v) is 7.66. The number of nitrogens with zero attached hydrogens (tertiary/aromatic N) is 3. The van der Waals surface area contributed by atoms with Crippen molar-refractivity contribution in [2.24, 2.45) is 11.8 Å². The molecule has 0 amide bonds. The fourth-order valence-corrected chi connectivity index (χ4v) is 3.90. The van der Waals surface area contributed by atoms with Gasteiger partial charge in [-0.3, -0.25) is 4.90 Å². The van der Waals surface area contributed by atoms with E-state index in [0.29, 0.717) is 30.4 Å². The number of aliphatic hydroxyl groups excluding tert-OH is 1. The van der Waals surface area contributed by atoms with E-state index in [9.17, 15) is 5.11 Å². The van der Waals surface area contributed by atoms with E-state index in [1.165, 1.54) is 5.56 Å². The number of nitrogen functional groups attached to an aromatic ring is 1. The summed E-state index contributed by atoms with van der Waals surface area (Å²) in [7, 11) is 0. The molecule has 1 aromatic rings. The van der Waals surface area contributed by atoms with Gasteiger partial charge in [-0.1, -0.05) is 6.92 Å². The van der Waals surface area contributed by atoms with Crippen LogP contribution in [0.1, 0.15) is 31.0 Å². The largest absolute Gasteiger partial charge is 0.396 e. The number of likely N-dealkylation sites (tertiary alicyclic amines) is 1. The average molecular weight is 276 g/mol. The van der Waals surface area contributed by atoms with Crippen molar-refractivity contribution in [1.82, 2.24) is 14.9 Å². The second kappa shape index (κ2) is 5.66. The van der Waals surface area contributed by atoms with E-state index >= 15 is 0 Å². The van der Waals surface area contributed by atoms with Crippen molar-refractivity contribution in [3.05, 3.63) is 17.5 Å². The smallest absolute Gasteiger partial charge is 0.220 e. The molecule has 0 radical (unpaired) electrons. The number of hydrogen-bond donors (Lipinski definition) is 2. The maximum atomic E-state index is 9.53. The van der Waals surface area contributed by atoms with Crippen LogP contribution >= 0.6 is 0 Å². The van der Waals surface area contributed by atoms with E-state index in [1.807, 2.05) is 6.20 Å². The molecule has 1 aliphatic carbocycles. The lowest BCUT2D eigenvalue weighted by Crippen LogP contribution is -2.53. The number of rotatable bonds is 3. The minimum absolute atomic E-state index is 0.294. The molecule has 5 heteroatoms. The lowest BCUT2D eigenvalue weighted by atomic mass is 9.74. The number of aromatic nitrogens is 2. The number of fused-ring (bicyclic) bond motifs is 2. The molecule has 3 N–H and O–H groups in total. The minimum Gasteiger partial charge on any atom is -0.396 e.